The van der Waals surface area contributed by atoms with Gasteiger partial charge in [-0.3, -0.25) is 0 Å². The first-order valence-electron chi connectivity index (χ1n) is 14.6. The maximum Gasteiger partial charge on any atom is 0.0784 e. The summed E-state index contributed by atoms with van der Waals surface area (Å²) in [6.07, 6.45) is 30.3. The summed E-state index contributed by atoms with van der Waals surface area (Å²) in [5.74, 6) is 0. The first-order chi connectivity index (χ1) is 15.9. The minimum Gasteiger partial charge on any atom is -0.356 e. The topological polar surface area (TPSA) is 66.2 Å². The Labute approximate surface area is 207 Å². The number of unbranched alkanes of at least 4 members (excludes halogenated alkanes) is 18. The van der Waals surface area contributed by atoms with Gasteiger partial charge in [-0.2, -0.15) is 0 Å². The van der Waals surface area contributed by atoms with Gasteiger partial charge in [0.15, 0.2) is 0 Å². The molecule has 0 heterocycles. The summed E-state index contributed by atoms with van der Waals surface area (Å²) >= 11 is 0. The molecule has 0 N–H and O–H groups in total. The Balaban J connectivity index is 0. The van der Waals surface area contributed by atoms with E-state index >= 15 is 0 Å². The van der Waals surface area contributed by atoms with E-state index < -0.39 is 5.09 Å². The highest BCUT2D eigenvalue weighted by atomic mass is 16.9. The summed E-state index contributed by atoms with van der Waals surface area (Å²) in [5.41, 5.74) is 0. The first-order valence-corrected chi connectivity index (χ1v) is 14.6. The average molecular weight is 473 g/mol. The third kappa shape index (κ3) is 31.2. The van der Waals surface area contributed by atoms with Crippen LogP contribution in [0.15, 0.2) is 0 Å². The van der Waals surface area contributed by atoms with Crippen molar-refractivity contribution in [1.29, 1.82) is 0 Å². The lowest BCUT2D eigenvalue weighted by molar-refractivity contribution is -0.910. The zero-order valence-corrected chi connectivity index (χ0v) is 23.1. The molecule has 33 heavy (non-hydrogen) atoms. The number of hydrogen-bond acceptors (Lipinski definition) is 3. The molecule has 0 fully saturated rings. The Kier molecular flexibility index (Phi) is 28.5. The Morgan fingerprint density at radius 2 is 0.636 bits per heavy atom. The zero-order valence-electron chi connectivity index (χ0n) is 23.1. The second kappa shape index (κ2) is 27.4. The summed E-state index contributed by atoms with van der Waals surface area (Å²) < 4.78 is 1.36. The van der Waals surface area contributed by atoms with Crippen molar-refractivity contribution in [2.45, 2.75) is 156 Å². The van der Waals surface area contributed by atoms with Gasteiger partial charge in [0, 0.05) is 0 Å². The van der Waals surface area contributed by atoms with E-state index in [4.69, 9.17) is 15.3 Å². The predicted octanol–water partition coefficient (Wildman–Crippen LogP) is 9.45. The van der Waals surface area contributed by atoms with Crippen molar-refractivity contribution >= 4 is 0 Å². The summed E-state index contributed by atoms with van der Waals surface area (Å²) in [7, 11) is 2.57. The smallest absolute Gasteiger partial charge is 0.0784 e. The molecule has 0 spiro atoms. The fourth-order valence-corrected chi connectivity index (χ4v) is 4.69. The Morgan fingerprint density at radius 1 is 0.455 bits per heavy atom. The van der Waals surface area contributed by atoms with Crippen molar-refractivity contribution in [1.82, 2.24) is 0 Å². The molecule has 5 heteroatoms. The second-order valence-electron chi connectivity index (χ2n) is 10.4. The average Bonchev–Trinajstić information content (AvgIpc) is 2.77. The minimum atomic E-state index is -1.75. The molecule has 0 aromatic carbocycles. The lowest BCUT2D eigenvalue weighted by atomic mass is 10.1. The SMILES string of the molecule is CCCCCCCCC[N+](C)(CCCCCCCCC)CCCCCCCCC.O=[N+]([O-])[O-]. The van der Waals surface area contributed by atoms with Crippen molar-refractivity contribution in [3.05, 3.63) is 15.3 Å². The van der Waals surface area contributed by atoms with Crippen molar-refractivity contribution in [3.63, 3.8) is 0 Å². The lowest BCUT2D eigenvalue weighted by Gasteiger charge is -2.35. The largest absolute Gasteiger partial charge is 0.356 e. The fraction of sp³-hybridized carbons (Fsp3) is 1.00. The molecule has 0 aliphatic carbocycles. The number of rotatable bonds is 24. The summed E-state index contributed by atoms with van der Waals surface area (Å²) in [6, 6.07) is 0. The van der Waals surface area contributed by atoms with E-state index in [0.29, 0.717) is 0 Å². The molecular formula is C28H60N2O3. The maximum absolute atomic E-state index is 8.25. The predicted molar refractivity (Wildman–Crippen MR) is 145 cm³/mol. The summed E-state index contributed by atoms with van der Waals surface area (Å²) in [4.78, 5) is 8.25. The first kappa shape index (κ1) is 34.3. The third-order valence-electron chi connectivity index (χ3n) is 6.90. The van der Waals surface area contributed by atoms with Gasteiger partial charge in [0.05, 0.1) is 31.8 Å². The van der Waals surface area contributed by atoms with Gasteiger partial charge in [0.25, 0.3) is 0 Å². The van der Waals surface area contributed by atoms with E-state index in [1.54, 1.807) is 0 Å². The molecule has 0 saturated carbocycles. The molecule has 0 rings (SSSR count). The molecule has 0 aliphatic heterocycles. The van der Waals surface area contributed by atoms with Gasteiger partial charge in [0.2, 0.25) is 0 Å². The summed E-state index contributed by atoms with van der Waals surface area (Å²) in [6.45, 7) is 11.2. The Morgan fingerprint density at radius 3 is 0.848 bits per heavy atom. The van der Waals surface area contributed by atoms with Crippen LogP contribution in [0.4, 0.5) is 0 Å². The monoisotopic (exact) mass is 472 g/mol. The van der Waals surface area contributed by atoms with Crippen LogP contribution < -0.4 is 0 Å². The molecule has 0 unspecified atom stereocenters. The molecule has 0 radical (unpaired) electrons. The summed E-state index contributed by atoms with van der Waals surface area (Å²) in [5, 5.41) is 14.8. The molecule has 5 nitrogen and oxygen atoms in total. The fourth-order valence-electron chi connectivity index (χ4n) is 4.69. The van der Waals surface area contributed by atoms with Crippen molar-refractivity contribution < 1.29 is 9.57 Å². The van der Waals surface area contributed by atoms with Crippen LogP contribution in [-0.2, 0) is 0 Å². The highest BCUT2D eigenvalue weighted by Gasteiger charge is 2.20. The van der Waals surface area contributed by atoms with Gasteiger partial charge in [-0.15, -0.1) is 0 Å². The Hall–Kier alpha value is -0.840. The normalized spacial score (nSPS) is 11.3. The van der Waals surface area contributed by atoms with Gasteiger partial charge < -0.3 is 19.8 Å². The van der Waals surface area contributed by atoms with E-state index in [1.165, 1.54) is 159 Å². The number of nitrogens with zero attached hydrogens (tertiary/aromatic N) is 2. The molecule has 200 valence electrons. The zero-order chi connectivity index (χ0) is 25.0. The van der Waals surface area contributed by atoms with E-state index in [1.807, 2.05) is 0 Å². The van der Waals surface area contributed by atoms with Gasteiger partial charge >= 0.3 is 0 Å². The number of hydrogen-bond donors (Lipinski definition) is 0. The second-order valence-corrected chi connectivity index (χ2v) is 10.4. The van der Waals surface area contributed by atoms with Crippen LogP contribution in [0.2, 0.25) is 0 Å². The van der Waals surface area contributed by atoms with Crippen LogP contribution in [0.5, 0.6) is 0 Å². The van der Waals surface area contributed by atoms with Crippen LogP contribution in [0.3, 0.4) is 0 Å². The molecule has 0 atom stereocenters. The molecule has 0 saturated heterocycles. The maximum atomic E-state index is 8.25. The third-order valence-corrected chi connectivity index (χ3v) is 6.90. The highest BCUT2D eigenvalue weighted by Crippen LogP contribution is 2.16. The quantitative estimate of drug-likeness (QED) is 0.0608. The Bertz CT molecular complexity index is 342. The van der Waals surface area contributed by atoms with Crippen LogP contribution in [0.25, 0.3) is 0 Å². The van der Waals surface area contributed by atoms with Crippen LogP contribution in [0, 0.1) is 15.3 Å². The van der Waals surface area contributed by atoms with Gasteiger partial charge in [-0.1, -0.05) is 117 Å². The van der Waals surface area contributed by atoms with E-state index in [-0.39, 0.29) is 0 Å². The lowest BCUT2D eigenvalue weighted by Crippen LogP contribution is -2.46. The van der Waals surface area contributed by atoms with Crippen molar-refractivity contribution in [2.75, 3.05) is 26.7 Å². The van der Waals surface area contributed by atoms with Gasteiger partial charge in [-0.25, -0.2) is 0 Å². The molecule has 0 aliphatic rings. The van der Waals surface area contributed by atoms with Gasteiger partial charge in [-0.05, 0) is 38.5 Å². The molecule has 0 bridgehead atoms. The minimum absolute atomic E-state index is 1.36. The van der Waals surface area contributed by atoms with E-state index in [0.717, 1.165) is 0 Å². The van der Waals surface area contributed by atoms with Crippen LogP contribution in [0.1, 0.15) is 156 Å². The van der Waals surface area contributed by atoms with Gasteiger partial charge in [0.1, 0.15) is 0 Å². The van der Waals surface area contributed by atoms with Crippen molar-refractivity contribution in [3.8, 4) is 0 Å². The van der Waals surface area contributed by atoms with Crippen LogP contribution >= 0.6 is 0 Å². The van der Waals surface area contributed by atoms with E-state index in [9.17, 15) is 0 Å². The number of quaternary nitrogens is 1. The molecule has 0 aromatic rings. The highest BCUT2D eigenvalue weighted by molar-refractivity contribution is 4.51. The molecular weight excluding hydrogens is 412 g/mol. The standard InChI is InChI=1S/C28H60N.NO3/c1-5-8-11-14-17-20-23-26-29(4,27-24-21-18-15-12-9-6-2)28-25-22-19-16-13-10-7-3;2-1(3)4/h5-28H2,1-4H3;/q+1;-1. The van der Waals surface area contributed by atoms with E-state index in [2.05, 4.69) is 27.8 Å². The molecule has 0 amide bonds. The van der Waals surface area contributed by atoms with Crippen molar-refractivity contribution in [2.24, 2.45) is 0 Å². The molecule has 0 aromatic heterocycles. The van der Waals surface area contributed by atoms with Crippen LogP contribution in [-0.4, -0.2) is 36.3 Å².